The number of hydrogen-bond acceptors (Lipinski definition) is 3. The topological polar surface area (TPSA) is 72.0 Å². The van der Waals surface area contributed by atoms with Crippen molar-refractivity contribution < 1.29 is 9.13 Å². The molecule has 0 bridgehead atoms. The van der Waals surface area contributed by atoms with Gasteiger partial charge in [-0.05, 0) is 40.2 Å². The van der Waals surface area contributed by atoms with E-state index in [0.717, 1.165) is 0 Å². The van der Waals surface area contributed by atoms with Gasteiger partial charge < -0.3 is 10.5 Å². The Hall–Kier alpha value is -1.95. The molecule has 0 atom stereocenters. The van der Waals surface area contributed by atoms with Gasteiger partial charge in [-0.1, -0.05) is 0 Å². The number of ether oxygens (including phenoxy) is 1. The van der Waals surface area contributed by atoms with Crippen LogP contribution in [0.2, 0.25) is 0 Å². The van der Waals surface area contributed by atoms with Crippen LogP contribution in [0.5, 0.6) is 11.5 Å². The minimum atomic E-state index is -0.375. The lowest BCUT2D eigenvalue weighted by Gasteiger charge is -2.09. The van der Waals surface area contributed by atoms with Crippen molar-refractivity contribution in [2.45, 2.75) is 0 Å². The average Bonchev–Trinajstić information content (AvgIpc) is 2.34. The zero-order valence-corrected chi connectivity index (χ0v) is 10.7. The molecule has 0 unspecified atom stereocenters. The fourth-order valence-corrected chi connectivity index (χ4v) is 1.71. The lowest BCUT2D eigenvalue weighted by Crippen LogP contribution is -2.12. The van der Waals surface area contributed by atoms with E-state index in [9.17, 15) is 4.39 Å². The Morgan fingerprint density at radius 3 is 2.83 bits per heavy atom. The fraction of sp³-hybridized carbons (Fsp3) is 0. The fourth-order valence-electron chi connectivity index (χ4n) is 1.35. The maximum Gasteiger partial charge on any atom is 0.156 e. The van der Waals surface area contributed by atoms with E-state index >= 15 is 0 Å². The molecule has 1 aromatic carbocycles. The standard InChI is InChI=1S/C12H9BrFN3O/c13-9-5-7(1-2-10(9)14)18-11-6-17-4-3-8(11)12(15)16/h1-6H,(H3,15,16). The Morgan fingerprint density at radius 2 is 2.17 bits per heavy atom. The van der Waals surface area contributed by atoms with Gasteiger partial charge in [0.1, 0.15) is 17.4 Å². The molecule has 0 amide bonds. The van der Waals surface area contributed by atoms with Gasteiger partial charge in [0.05, 0.1) is 16.2 Å². The second-order valence-corrected chi connectivity index (χ2v) is 4.32. The number of benzene rings is 1. The Labute approximate surface area is 111 Å². The highest BCUT2D eigenvalue weighted by Gasteiger charge is 2.08. The third-order valence-corrected chi connectivity index (χ3v) is 2.80. The summed E-state index contributed by atoms with van der Waals surface area (Å²) in [6, 6.07) is 5.84. The molecule has 0 saturated carbocycles. The average molecular weight is 310 g/mol. The molecule has 4 nitrogen and oxygen atoms in total. The molecule has 3 N–H and O–H groups in total. The van der Waals surface area contributed by atoms with E-state index < -0.39 is 0 Å². The summed E-state index contributed by atoms with van der Waals surface area (Å²) in [6.45, 7) is 0. The van der Waals surface area contributed by atoms with Crippen LogP contribution in [0.1, 0.15) is 5.56 Å². The lowest BCUT2D eigenvalue weighted by atomic mass is 10.2. The second-order valence-electron chi connectivity index (χ2n) is 3.46. The van der Waals surface area contributed by atoms with Crippen LogP contribution in [0.3, 0.4) is 0 Å². The van der Waals surface area contributed by atoms with E-state index in [4.69, 9.17) is 15.9 Å². The zero-order chi connectivity index (χ0) is 13.1. The molecule has 0 fully saturated rings. The molecular weight excluding hydrogens is 301 g/mol. The Kier molecular flexibility index (Phi) is 3.57. The van der Waals surface area contributed by atoms with E-state index in [1.165, 1.54) is 30.6 Å². The molecule has 0 saturated heterocycles. The normalized spacial score (nSPS) is 10.1. The summed E-state index contributed by atoms with van der Waals surface area (Å²) in [7, 11) is 0. The molecule has 2 rings (SSSR count). The minimum absolute atomic E-state index is 0.117. The molecular formula is C12H9BrFN3O. The van der Waals surface area contributed by atoms with Gasteiger partial charge in [0.25, 0.3) is 0 Å². The minimum Gasteiger partial charge on any atom is -0.455 e. The number of amidine groups is 1. The zero-order valence-electron chi connectivity index (χ0n) is 9.15. The smallest absolute Gasteiger partial charge is 0.156 e. The van der Waals surface area contributed by atoms with Gasteiger partial charge >= 0.3 is 0 Å². The number of nitrogens with two attached hydrogens (primary N) is 1. The van der Waals surface area contributed by atoms with Crippen molar-refractivity contribution in [3.63, 3.8) is 0 Å². The van der Waals surface area contributed by atoms with Crippen molar-refractivity contribution in [1.29, 1.82) is 5.41 Å². The summed E-state index contributed by atoms with van der Waals surface area (Å²) in [4.78, 5) is 3.90. The number of nitrogen functional groups attached to an aromatic ring is 1. The highest BCUT2D eigenvalue weighted by atomic mass is 79.9. The van der Waals surface area contributed by atoms with E-state index in [0.29, 0.717) is 21.5 Å². The third kappa shape index (κ3) is 2.65. The molecule has 0 aliphatic heterocycles. The maximum absolute atomic E-state index is 13.1. The lowest BCUT2D eigenvalue weighted by molar-refractivity contribution is 0.476. The van der Waals surface area contributed by atoms with Gasteiger partial charge in [0.2, 0.25) is 0 Å². The van der Waals surface area contributed by atoms with Crippen LogP contribution in [0.4, 0.5) is 4.39 Å². The number of halogens is 2. The molecule has 0 spiro atoms. The summed E-state index contributed by atoms with van der Waals surface area (Å²) in [5.74, 6) is 0.288. The van der Waals surface area contributed by atoms with Crippen LogP contribution in [-0.4, -0.2) is 10.8 Å². The number of nitrogens with zero attached hydrogens (tertiary/aromatic N) is 1. The molecule has 0 aliphatic rings. The highest BCUT2D eigenvalue weighted by molar-refractivity contribution is 9.10. The monoisotopic (exact) mass is 309 g/mol. The van der Waals surface area contributed by atoms with E-state index in [2.05, 4.69) is 20.9 Å². The van der Waals surface area contributed by atoms with E-state index in [1.54, 1.807) is 6.07 Å². The number of pyridine rings is 1. The summed E-state index contributed by atoms with van der Waals surface area (Å²) < 4.78 is 18.9. The van der Waals surface area contributed by atoms with Crippen LogP contribution in [0, 0.1) is 11.2 Å². The Morgan fingerprint density at radius 1 is 1.39 bits per heavy atom. The summed E-state index contributed by atoms with van der Waals surface area (Å²) in [6.07, 6.45) is 2.97. The predicted molar refractivity (Wildman–Crippen MR) is 69.4 cm³/mol. The highest BCUT2D eigenvalue weighted by Crippen LogP contribution is 2.27. The van der Waals surface area contributed by atoms with Gasteiger partial charge in [-0.2, -0.15) is 0 Å². The first-order chi connectivity index (χ1) is 8.58. The van der Waals surface area contributed by atoms with Crippen LogP contribution in [0.25, 0.3) is 0 Å². The molecule has 1 aromatic heterocycles. The number of rotatable bonds is 3. The SMILES string of the molecule is N=C(N)c1ccncc1Oc1ccc(F)c(Br)c1. The first kappa shape index (κ1) is 12.5. The third-order valence-electron chi connectivity index (χ3n) is 2.19. The second kappa shape index (κ2) is 5.14. The summed E-state index contributed by atoms with van der Waals surface area (Å²) in [5, 5.41) is 7.42. The maximum atomic E-state index is 13.1. The Balaban J connectivity index is 2.34. The predicted octanol–water partition coefficient (Wildman–Crippen LogP) is 3.06. The van der Waals surface area contributed by atoms with E-state index in [1.807, 2.05) is 0 Å². The van der Waals surface area contributed by atoms with Gasteiger partial charge in [0.15, 0.2) is 5.75 Å². The van der Waals surface area contributed by atoms with Gasteiger partial charge in [0, 0.05) is 6.20 Å². The van der Waals surface area contributed by atoms with Crippen LogP contribution >= 0.6 is 15.9 Å². The van der Waals surface area contributed by atoms with Crippen LogP contribution in [0.15, 0.2) is 41.1 Å². The number of nitrogens with one attached hydrogen (secondary N) is 1. The van der Waals surface area contributed by atoms with E-state index in [-0.39, 0.29) is 11.7 Å². The van der Waals surface area contributed by atoms with Crippen molar-refractivity contribution in [1.82, 2.24) is 4.98 Å². The number of aromatic nitrogens is 1. The van der Waals surface area contributed by atoms with Crippen molar-refractivity contribution in [3.8, 4) is 11.5 Å². The quantitative estimate of drug-likeness (QED) is 0.676. The molecule has 0 aliphatic carbocycles. The summed E-state index contributed by atoms with van der Waals surface area (Å²) in [5.41, 5.74) is 5.86. The summed E-state index contributed by atoms with van der Waals surface area (Å²) >= 11 is 3.07. The first-order valence-electron chi connectivity index (χ1n) is 4.99. The largest absolute Gasteiger partial charge is 0.455 e. The number of hydrogen-bond donors (Lipinski definition) is 2. The van der Waals surface area contributed by atoms with Crippen LogP contribution in [-0.2, 0) is 0 Å². The van der Waals surface area contributed by atoms with Crippen molar-refractivity contribution in [2.24, 2.45) is 5.73 Å². The molecule has 92 valence electrons. The van der Waals surface area contributed by atoms with Crippen molar-refractivity contribution in [2.75, 3.05) is 0 Å². The van der Waals surface area contributed by atoms with Crippen LogP contribution < -0.4 is 10.5 Å². The first-order valence-corrected chi connectivity index (χ1v) is 5.78. The van der Waals surface area contributed by atoms with Crippen molar-refractivity contribution >= 4 is 21.8 Å². The molecule has 0 radical (unpaired) electrons. The molecule has 6 heteroatoms. The van der Waals surface area contributed by atoms with Gasteiger partial charge in [-0.3, -0.25) is 10.4 Å². The molecule has 1 heterocycles. The molecule has 18 heavy (non-hydrogen) atoms. The van der Waals surface area contributed by atoms with Gasteiger partial charge in [-0.15, -0.1) is 0 Å². The van der Waals surface area contributed by atoms with Crippen molar-refractivity contribution in [3.05, 3.63) is 52.5 Å². The Bertz CT molecular complexity index is 604. The molecule has 2 aromatic rings. The van der Waals surface area contributed by atoms with Gasteiger partial charge in [-0.25, -0.2) is 4.39 Å².